The van der Waals surface area contributed by atoms with Crippen molar-refractivity contribution in [2.45, 2.75) is 25.0 Å². The summed E-state index contributed by atoms with van der Waals surface area (Å²) in [7, 11) is 0. The van der Waals surface area contributed by atoms with Crippen LogP contribution in [0.5, 0.6) is 0 Å². The first-order valence-electron chi connectivity index (χ1n) is 5.83. The van der Waals surface area contributed by atoms with Crippen molar-refractivity contribution in [3.8, 4) is 0 Å². The van der Waals surface area contributed by atoms with Crippen LogP contribution in [-0.2, 0) is 11.3 Å². The summed E-state index contributed by atoms with van der Waals surface area (Å²) in [5, 5.41) is 21.7. The Morgan fingerprint density at radius 3 is 2.89 bits per heavy atom. The number of hydrogen-bond donors (Lipinski definition) is 4. The topological polar surface area (TPSA) is 102 Å². The molecule has 4 N–H and O–H groups in total. The minimum atomic E-state index is -0.954. The lowest BCUT2D eigenvalue weighted by Crippen LogP contribution is -2.53. The average molecular weight is 252 g/mol. The molecule has 0 radical (unpaired) electrons. The Hall–Kier alpha value is -1.66. The van der Waals surface area contributed by atoms with E-state index in [9.17, 15) is 14.7 Å². The van der Waals surface area contributed by atoms with Crippen LogP contribution in [0.1, 0.15) is 18.4 Å². The van der Waals surface area contributed by atoms with E-state index >= 15 is 0 Å². The maximum absolute atomic E-state index is 11.4. The van der Waals surface area contributed by atoms with Gasteiger partial charge in [0.1, 0.15) is 0 Å². The number of aromatic nitrogens is 1. The zero-order valence-corrected chi connectivity index (χ0v) is 9.85. The molecule has 98 valence electrons. The van der Waals surface area contributed by atoms with Gasteiger partial charge in [-0.2, -0.15) is 0 Å². The summed E-state index contributed by atoms with van der Waals surface area (Å²) < 4.78 is 0. The molecule has 6 nitrogen and oxygen atoms in total. The number of nitrogens with one attached hydrogen (secondary N) is 2. The highest BCUT2D eigenvalue weighted by molar-refractivity contribution is 5.71. The summed E-state index contributed by atoms with van der Waals surface area (Å²) >= 11 is 0. The van der Waals surface area contributed by atoms with Crippen LogP contribution < -0.4 is 10.9 Å². The van der Waals surface area contributed by atoms with Crippen LogP contribution in [0.3, 0.4) is 0 Å². The predicted octanol–water partition coefficient (Wildman–Crippen LogP) is -0.310. The molecule has 0 saturated heterocycles. The number of aliphatic hydroxyl groups is 1. The molecule has 1 saturated carbocycles. The van der Waals surface area contributed by atoms with Crippen molar-refractivity contribution in [1.82, 2.24) is 10.3 Å². The Labute approximate surface area is 104 Å². The van der Waals surface area contributed by atoms with Crippen LogP contribution in [0.25, 0.3) is 0 Å². The molecule has 0 bridgehead atoms. The molecular weight excluding hydrogens is 236 g/mol. The molecule has 1 aromatic rings. The second-order valence-corrected chi connectivity index (χ2v) is 4.80. The van der Waals surface area contributed by atoms with Crippen molar-refractivity contribution in [3.63, 3.8) is 0 Å². The maximum atomic E-state index is 11.4. The first-order chi connectivity index (χ1) is 8.50. The van der Waals surface area contributed by atoms with Crippen molar-refractivity contribution in [1.29, 1.82) is 0 Å². The predicted molar refractivity (Wildman–Crippen MR) is 64.1 cm³/mol. The molecule has 2 rings (SSSR count). The summed E-state index contributed by atoms with van der Waals surface area (Å²) in [5.74, 6) is -1.31. The lowest BCUT2D eigenvalue weighted by atomic mass is 9.71. The van der Waals surface area contributed by atoms with E-state index in [1.807, 2.05) is 0 Å². The second kappa shape index (κ2) is 4.91. The van der Waals surface area contributed by atoms with Crippen molar-refractivity contribution in [2.24, 2.45) is 5.92 Å². The van der Waals surface area contributed by atoms with Crippen LogP contribution >= 0.6 is 0 Å². The highest BCUT2D eigenvalue weighted by Crippen LogP contribution is 2.37. The third-order valence-corrected chi connectivity index (χ3v) is 3.27. The van der Waals surface area contributed by atoms with Gasteiger partial charge in [-0.1, -0.05) is 6.07 Å². The molecule has 1 aromatic heterocycles. The van der Waals surface area contributed by atoms with Gasteiger partial charge in [0.25, 0.3) is 5.56 Å². The van der Waals surface area contributed by atoms with Gasteiger partial charge in [-0.25, -0.2) is 0 Å². The van der Waals surface area contributed by atoms with E-state index in [1.54, 1.807) is 18.3 Å². The molecule has 0 amide bonds. The molecule has 0 spiro atoms. The third kappa shape index (κ3) is 2.77. The van der Waals surface area contributed by atoms with E-state index in [-0.39, 0.29) is 18.4 Å². The lowest BCUT2D eigenvalue weighted by molar-refractivity contribution is -0.157. The van der Waals surface area contributed by atoms with Crippen LogP contribution in [0, 0.1) is 5.92 Å². The molecule has 0 aliphatic heterocycles. The van der Waals surface area contributed by atoms with Gasteiger partial charge in [0.2, 0.25) is 0 Å². The van der Waals surface area contributed by atoms with Crippen LogP contribution in [-0.4, -0.2) is 33.3 Å². The molecular formula is C12H16N2O4. The minimum Gasteiger partial charge on any atom is -0.481 e. The van der Waals surface area contributed by atoms with Crippen molar-refractivity contribution in [3.05, 3.63) is 34.2 Å². The van der Waals surface area contributed by atoms with E-state index in [1.165, 1.54) is 0 Å². The zero-order valence-electron chi connectivity index (χ0n) is 9.85. The van der Waals surface area contributed by atoms with Crippen LogP contribution in [0.4, 0.5) is 0 Å². The monoisotopic (exact) mass is 252 g/mol. The zero-order chi connectivity index (χ0) is 13.2. The number of carboxylic acid groups (broad SMARTS) is 1. The quantitative estimate of drug-likeness (QED) is 0.575. The Balaban J connectivity index is 1.79. The Kier molecular flexibility index (Phi) is 3.49. The summed E-state index contributed by atoms with van der Waals surface area (Å²) in [5.41, 5.74) is -0.519. The highest BCUT2D eigenvalue weighted by Gasteiger charge is 2.45. The van der Waals surface area contributed by atoms with Gasteiger partial charge in [0.15, 0.2) is 0 Å². The summed E-state index contributed by atoms with van der Waals surface area (Å²) in [6, 6.07) is 3.44. The van der Waals surface area contributed by atoms with E-state index in [4.69, 9.17) is 5.11 Å². The first kappa shape index (κ1) is 12.8. The van der Waals surface area contributed by atoms with E-state index < -0.39 is 17.5 Å². The third-order valence-electron chi connectivity index (χ3n) is 3.27. The molecule has 0 unspecified atom stereocenters. The highest BCUT2D eigenvalue weighted by atomic mass is 16.4. The van der Waals surface area contributed by atoms with Crippen LogP contribution in [0.2, 0.25) is 0 Å². The fourth-order valence-corrected chi connectivity index (χ4v) is 2.20. The molecule has 1 aliphatic carbocycles. The number of hydrogen-bond acceptors (Lipinski definition) is 4. The summed E-state index contributed by atoms with van der Waals surface area (Å²) in [4.78, 5) is 24.6. The number of carbonyl (C=O) groups is 1. The normalized spacial score (nSPS) is 26.6. The van der Waals surface area contributed by atoms with Gasteiger partial charge < -0.3 is 20.5 Å². The molecule has 1 aliphatic rings. The van der Waals surface area contributed by atoms with Gasteiger partial charge in [0, 0.05) is 24.8 Å². The van der Waals surface area contributed by atoms with Gasteiger partial charge in [0.05, 0.1) is 11.5 Å². The van der Waals surface area contributed by atoms with Crippen molar-refractivity contribution in [2.75, 3.05) is 6.54 Å². The largest absolute Gasteiger partial charge is 0.481 e. The van der Waals surface area contributed by atoms with Crippen molar-refractivity contribution < 1.29 is 15.0 Å². The van der Waals surface area contributed by atoms with Gasteiger partial charge in [-0.3, -0.25) is 9.59 Å². The summed E-state index contributed by atoms with van der Waals surface area (Å²) in [6.45, 7) is 0.654. The van der Waals surface area contributed by atoms with E-state index in [2.05, 4.69) is 10.3 Å². The number of H-pyrrole nitrogens is 1. The Morgan fingerprint density at radius 1 is 1.56 bits per heavy atom. The van der Waals surface area contributed by atoms with Crippen molar-refractivity contribution >= 4 is 5.97 Å². The van der Waals surface area contributed by atoms with Gasteiger partial charge in [-0.05, 0) is 18.9 Å². The lowest BCUT2D eigenvalue weighted by Gasteiger charge is -2.41. The van der Waals surface area contributed by atoms with Gasteiger partial charge >= 0.3 is 5.97 Å². The standard InChI is InChI=1S/C12H16N2O4/c15-10-8(2-1-3-14-10)6-13-7-12(18)4-9(5-12)11(16)17/h1-3,9,13,18H,4-7H2,(H,14,15)(H,16,17). The first-order valence-corrected chi connectivity index (χ1v) is 5.83. The van der Waals surface area contributed by atoms with E-state index in [0.29, 0.717) is 18.7 Å². The van der Waals surface area contributed by atoms with E-state index in [0.717, 1.165) is 0 Å². The number of aromatic amines is 1. The molecule has 0 aromatic carbocycles. The molecule has 1 heterocycles. The second-order valence-electron chi connectivity index (χ2n) is 4.80. The SMILES string of the molecule is O=C(O)C1CC(O)(CNCc2ccc[nH]c2=O)C1. The summed E-state index contributed by atoms with van der Waals surface area (Å²) in [6.07, 6.45) is 2.09. The Bertz CT molecular complexity index is 491. The van der Waals surface area contributed by atoms with Gasteiger partial charge in [-0.15, -0.1) is 0 Å². The molecule has 0 atom stereocenters. The number of rotatable bonds is 5. The fourth-order valence-electron chi connectivity index (χ4n) is 2.20. The number of carboxylic acids is 1. The average Bonchev–Trinajstić information content (AvgIpc) is 2.28. The Morgan fingerprint density at radius 2 is 2.28 bits per heavy atom. The molecule has 18 heavy (non-hydrogen) atoms. The smallest absolute Gasteiger partial charge is 0.306 e. The maximum Gasteiger partial charge on any atom is 0.306 e. The number of aliphatic carboxylic acids is 1. The molecule has 1 fully saturated rings. The molecule has 6 heteroatoms. The van der Waals surface area contributed by atoms with Crippen LogP contribution in [0.15, 0.2) is 23.1 Å². The minimum absolute atomic E-state index is 0.158. The fraction of sp³-hybridized carbons (Fsp3) is 0.500. The number of pyridine rings is 1.